The van der Waals surface area contributed by atoms with E-state index in [-0.39, 0.29) is 22.4 Å². The maximum Gasteiger partial charge on any atom is 0.248 e. The van der Waals surface area contributed by atoms with Gasteiger partial charge in [0.15, 0.2) is 0 Å². The van der Waals surface area contributed by atoms with E-state index in [1.807, 2.05) is 19.0 Å². The third kappa shape index (κ3) is 7.58. The first-order valence-electron chi connectivity index (χ1n) is 13.4. The summed E-state index contributed by atoms with van der Waals surface area (Å²) in [4.78, 5) is 18.6. The predicted octanol–water partition coefficient (Wildman–Crippen LogP) is 7.14. The lowest BCUT2D eigenvalue weighted by Crippen LogP contribution is -2.13. The molecule has 0 aliphatic heterocycles. The highest BCUT2D eigenvalue weighted by Crippen LogP contribution is 2.37. The van der Waals surface area contributed by atoms with Crippen molar-refractivity contribution in [1.29, 1.82) is 5.26 Å². The number of nitrogens with zero attached hydrogens (tertiary/aromatic N) is 3. The van der Waals surface area contributed by atoms with Gasteiger partial charge in [0, 0.05) is 36.0 Å². The molecule has 0 aliphatic carbocycles. The number of amides is 1. The van der Waals surface area contributed by atoms with E-state index in [2.05, 4.69) is 66.7 Å². The van der Waals surface area contributed by atoms with Crippen LogP contribution in [0.4, 0.5) is 17.1 Å². The monoisotopic (exact) mass is 583 g/mol. The summed E-state index contributed by atoms with van der Waals surface area (Å²) >= 11 is 6.57. The van der Waals surface area contributed by atoms with Gasteiger partial charge < -0.3 is 25.4 Å². The topological polar surface area (TPSA) is 111 Å². The number of anilines is 3. The van der Waals surface area contributed by atoms with Crippen molar-refractivity contribution in [3.63, 3.8) is 0 Å². The van der Waals surface area contributed by atoms with Gasteiger partial charge in [-0.25, -0.2) is 0 Å². The van der Waals surface area contributed by atoms with Crippen molar-refractivity contribution in [2.24, 2.45) is 0 Å². The molecule has 3 N–H and O–H groups in total. The first kappa shape index (κ1) is 30.4. The van der Waals surface area contributed by atoms with Crippen molar-refractivity contribution in [3.05, 3.63) is 94.7 Å². The number of hydrogen-bond acceptors (Lipinski definition) is 7. The molecule has 0 fully saturated rings. The Morgan fingerprint density at radius 2 is 1.88 bits per heavy atom. The molecule has 0 saturated heterocycles. The SMILES string of the molecule is CN(C)C/C=C/C(=O)Nc1cc2c(Nc3ccc(OCc4ccc(C(C)(C)C)cc4)c(Cl)c3)c(C#N)cnc2cc1O. The number of carbonyl (C=O) groups excluding carboxylic acids is 1. The number of halogens is 1. The highest BCUT2D eigenvalue weighted by molar-refractivity contribution is 6.32. The second-order valence-electron chi connectivity index (χ2n) is 11.2. The summed E-state index contributed by atoms with van der Waals surface area (Å²) in [7, 11) is 3.79. The molecule has 1 heterocycles. The van der Waals surface area contributed by atoms with Gasteiger partial charge in [-0.15, -0.1) is 0 Å². The maximum atomic E-state index is 12.4. The number of ether oxygens (including phenoxy) is 1. The molecule has 42 heavy (non-hydrogen) atoms. The van der Waals surface area contributed by atoms with E-state index in [9.17, 15) is 15.2 Å². The molecule has 3 aromatic carbocycles. The fourth-order valence-corrected chi connectivity index (χ4v) is 4.43. The Morgan fingerprint density at radius 3 is 2.52 bits per heavy atom. The molecule has 0 radical (unpaired) electrons. The van der Waals surface area contributed by atoms with E-state index in [0.717, 1.165) is 5.56 Å². The number of pyridine rings is 1. The molecule has 0 atom stereocenters. The van der Waals surface area contributed by atoms with E-state index in [0.29, 0.717) is 46.2 Å². The van der Waals surface area contributed by atoms with Crippen LogP contribution >= 0.6 is 11.6 Å². The number of aromatic nitrogens is 1. The zero-order chi connectivity index (χ0) is 30.4. The number of benzene rings is 3. The Morgan fingerprint density at radius 1 is 1.14 bits per heavy atom. The lowest BCUT2D eigenvalue weighted by Gasteiger charge is -2.19. The van der Waals surface area contributed by atoms with Gasteiger partial charge >= 0.3 is 0 Å². The van der Waals surface area contributed by atoms with Crippen molar-refractivity contribution >= 4 is 45.5 Å². The second kappa shape index (κ2) is 12.9. The van der Waals surface area contributed by atoms with Gasteiger partial charge in [0.2, 0.25) is 5.91 Å². The second-order valence-corrected chi connectivity index (χ2v) is 11.6. The minimum absolute atomic E-state index is 0.0795. The minimum Gasteiger partial charge on any atom is -0.506 e. The Hall–Kier alpha value is -4.58. The van der Waals surface area contributed by atoms with Crippen LogP contribution in [0, 0.1) is 11.3 Å². The number of carbonyl (C=O) groups is 1. The highest BCUT2D eigenvalue weighted by atomic mass is 35.5. The highest BCUT2D eigenvalue weighted by Gasteiger charge is 2.16. The molecule has 216 valence electrons. The van der Waals surface area contributed by atoms with E-state index in [4.69, 9.17) is 16.3 Å². The van der Waals surface area contributed by atoms with E-state index >= 15 is 0 Å². The molecule has 1 amide bonds. The molecule has 1 aromatic heterocycles. The van der Waals surface area contributed by atoms with Crippen LogP contribution in [0.3, 0.4) is 0 Å². The van der Waals surface area contributed by atoms with Gasteiger partial charge in [-0.3, -0.25) is 9.78 Å². The Bertz CT molecular complexity index is 1670. The van der Waals surface area contributed by atoms with Crippen LogP contribution in [-0.2, 0) is 16.8 Å². The molecule has 4 rings (SSSR count). The van der Waals surface area contributed by atoms with Gasteiger partial charge in [0.1, 0.15) is 24.2 Å². The Balaban J connectivity index is 1.55. The third-order valence-corrected chi connectivity index (χ3v) is 6.81. The van der Waals surface area contributed by atoms with Crippen LogP contribution < -0.4 is 15.4 Å². The fourth-order valence-electron chi connectivity index (χ4n) is 4.19. The zero-order valence-corrected chi connectivity index (χ0v) is 25.1. The summed E-state index contributed by atoms with van der Waals surface area (Å²) in [6.45, 7) is 7.49. The van der Waals surface area contributed by atoms with Crippen molar-refractivity contribution in [2.45, 2.75) is 32.8 Å². The summed E-state index contributed by atoms with van der Waals surface area (Å²) in [6.07, 6.45) is 4.55. The van der Waals surface area contributed by atoms with E-state index < -0.39 is 5.91 Å². The van der Waals surface area contributed by atoms with Gasteiger partial charge in [-0.05, 0) is 54.9 Å². The van der Waals surface area contributed by atoms with Crippen LogP contribution in [0.2, 0.25) is 5.02 Å². The van der Waals surface area contributed by atoms with Crippen LogP contribution in [0.15, 0.2) is 72.9 Å². The average Bonchev–Trinajstić information content (AvgIpc) is 2.93. The number of hydrogen-bond donors (Lipinski definition) is 3. The summed E-state index contributed by atoms with van der Waals surface area (Å²) in [6, 6.07) is 18.8. The summed E-state index contributed by atoms with van der Waals surface area (Å²) in [5.74, 6) is -0.00465. The normalized spacial score (nSPS) is 11.6. The van der Waals surface area contributed by atoms with Crippen molar-refractivity contribution in [3.8, 4) is 17.6 Å². The first-order valence-corrected chi connectivity index (χ1v) is 13.8. The Kier molecular flexibility index (Phi) is 9.36. The van der Waals surface area contributed by atoms with Crippen LogP contribution in [0.5, 0.6) is 11.5 Å². The van der Waals surface area contributed by atoms with Gasteiger partial charge in [0.05, 0.1) is 27.5 Å². The van der Waals surface area contributed by atoms with E-state index in [1.54, 1.807) is 30.3 Å². The quantitative estimate of drug-likeness (QED) is 0.142. The van der Waals surface area contributed by atoms with Crippen LogP contribution in [0.1, 0.15) is 37.5 Å². The Labute approximate surface area is 251 Å². The van der Waals surface area contributed by atoms with Gasteiger partial charge in [0.25, 0.3) is 0 Å². The number of rotatable bonds is 9. The number of nitrogens with one attached hydrogen (secondary N) is 2. The lowest BCUT2D eigenvalue weighted by atomic mass is 9.87. The number of likely N-dealkylation sites (N-methyl/N-ethyl adjacent to an activating group) is 1. The molecular weight excluding hydrogens is 550 g/mol. The number of phenolic OH excluding ortho intramolecular Hbond substituents is 1. The number of nitriles is 1. The first-order chi connectivity index (χ1) is 19.9. The molecule has 4 aromatic rings. The molecule has 9 heteroatoms. The third-order valence-electron chi connectivity index (χ3n) is 6.52. The lowest BCUT2D eigenvalue weighted by molar-refractivity contribution is -0.111. The smallest absolute Gasteiger partial charge is 0.248 e. The molecule has 0 saturated carbocycles. The number of aromatic hydroxyl groups is 1. The van der Waals surface area contributed by atoms with Crippen LogP contribution in [0.25, 0.3) is 10.9 Å². The van der Waals surface area contributed by atoms with Crippen molar-refractivity contribution < 1.29 is 14.6 Å². The largest absolute Gasteiger partial charge is 0.506 e. The number of fused-ring (bicyclic) bond motifs is 1. The van der Waals surface area contributed by atoms with Crippen molar-refractivity contribution in [1.82, 2.24) is 9.88 Å². The number of phenols is 1. The molecular formula is C33H34ClN5O3. The zero-order valence-electron chi connectivity index (χ0n) is 24.3. The molecule has 0 bridgehead atoms. The molecule has 0 unspecified atom stereocenters. The standard InChI is InChI=1S/C33H34ClN5O3/c1-33(2,3)23-10-8-21(9-11-23)20-42-30-13-12-24(15-26(30)34)37-32-22(18-35)19-36-27-17-29(40)28(16-25(27)32)38-31(41)7-6-14-39(4)5/h6-13,15-17,19,40H,14,20H2,1-5H3,(H,36,37)(H,38,41)/b7-6+. The maximum absolute atomic E-state index is 12.4. The molecule has 0 spiro atoms. The summed E-state index contributed by atoms with van der Waals surface area (Å²) in [5, 5.41) is 27.2. The fraction of sp³-hybridized carbons (Fsp3) is 0.242. The van der Waals surface area contributed by atoms with Gasteiger partial charge in [-0.1, -0.05) is 62.7 Å². The van der Waals surface area contributed by atoms with Gasteiger partial charge in [-0.2, -0.15) is 5.26 Å². The average molecular weight is 584 g/mol. The predicted molar refractivity (Wildman–Crippen MR) is 169 cm³/mol. The molecule has 8 nitrogen and oxygen atoms in total. The van der Waals surface area contributed by atoms with Crippen LogP contribution in [-0.4, -0.2) is 41.5 Å². The minimum atomic E-state index is -0.391. The van der Waals surface area contributed by atoms with Crippen molar-refractivity contribution in [2.75, 3.05) is 31.3 Å². The summed E-state index contributed by atoms with van der Waals surface area (Å²) < 4.78 is 5.98. The molecule has 0 aliphatic rings. The summed E-state index contributed by atoms with van der Waals surface area (Å²) in [5.41, 5.74) is 4.37. The van der Waals surface area contributed by atoms with E-state index in [1.165, 1.54) is 23.9 Å².